The molecular formula is C22H27NO4. The molecule has 1 heterocycles. The molecule has 0 radical (unpaired) electrons. The summed E-state index contributed by atoms with van der Waals surface area (Å²) >= 11 is 0. The van der Waals surface area contributed by atoms with Gasteiger partial charge >= 0.3 is 0 Å². The van der Waals surface area contributed by atoms with Gasteiger partial charge in [0.05, 0.1) is 20.3 Å². The molecule has 1 aliphatic heterocycles. The predicted octanol–water partition coefficient (Wildman–Crippen LogP) is 4.14. The summed E-state index contributed by atoms with van der Waals surface area (Å²) in [5, 5.41) is 0. The van der Waals surface area contributed by atoms with Crippen molar-refractivity contribution >= 4 is 5.91 Å². The normalized spacial score (nSPS) is 17.5. The zero-order chi connectivity index (χ0) is 19.4. The molecule has 1 aliphatic rings. The first-order chi connectivity index (χ1) is 13.0. The van der Waals surface area contributed by atoms with Gasteiger partial charge < -0.3 is 19.1 Å². The molecule has 1 fully saturated rings. The molecule has 2 atom stereocenters. The SMILES string of the molecule is COc1ccc([C@H]2CCCN2C(=O)[C@H](C)Oc2ccc(C)cc2)cc1OC. The van der Waals surface area contributed by atoms with E-state index in [2.05, 4.69) is 0 Å². The van der Waals surface area contributed by atoms with Crippen molar-refractivity contribution < 1.29 is 19.0 Å². The number of carbonyl (C=O) groups excluding carboxylic acids is 1. The van der Waals surface area contributed by atoms with Crippen LogP contribution in [0.25, 0.3) is 0 Å². The minimum atomic E-state index is -0.534. The summed E-state index contributed by atoms with van der Waals surface area (Å²) in [5.41, 5.74) is 2.22. The average molecular weight is 369 g/mol. The van der Waals surface area contributed by atoms with Crippen molar-refractivity contribution in [2.75, 3.05) is 20.8 Å². The van der Waals surface area contributed by atoms with Crippen LogP contribution in [-0.4, -0.2) is 37.7 Å². The van der Waals surface area contributed by atoms with E-state index >= 15 is 0 Å². The highest BCUT2D eigenvalue weighted by Gasteiger charge is 2.33. The molecule has 0 spiro atoms. The Balaban J connectivity index is 1.75. The monoisotopic (exact) mass is 369 g/mol. The van der Waals surface area contributed by atoms with Crippen LogP contribution in [0.4, 0.5) is 0 Å². The van der Waals surface area contributed by atoms with Crippen molar-refractivity contribution in [2.24, 2.45) is 0 Å². The van der Waals surface area contributed by atoms with Gasteiger partial charge in [0.25, 0.3) is 5.91 Å². The van der Waals surface area contributed by atoms with Gasteiger partial charge in [0, 0.05) is 6.54 Å². The number of carbonyl (C=O) groups is 1. The number of nitrogens with zero attached hydrogens (tertiary/aromatic N) is 1. The standard InChI is InChI=1S/C22H27NO4/c1-15-7-10-18(11-8-15)27-16(2)22(24)23-13-5-6-19(23)17-9-12-20(25-3)21(14-17)26-4/h7-12,14,16,19H,5-6,13H2,1-4H3/t16-,19+/m0/s1. The van der Waals surface area contributed by atoms with Crippen LogP contribution in [0.2, 0.25) is 0 Å². The van der Waals surface area contributed by atoms with Crippen LogP contribution in [0.3, 0.4) is 0 Å². The van der Waals surface area contributed by atoms with Gasteiger partial charge in [0.1, 0.15) is 5.75 Å². The quantitative estimate of drug-likeness (QED) is 0.768. The molecule has 0 N–H and O–H groups in total. The minimum Gasteiger partial charge on any atom is -0.493 e. The summed E-state index contributed by atoms with van der Waals surface area (Å²) < 4.78 is 16.6. The average Bonchev–Trinajstić information content (AvgIpc) is 3.18. The first-order valence-corrected chi connectivity index (χ1v) is 9.29. The van der Waals surface area contributed by atoms with Crippen LogP contribution in [0, 0.1) is 6.92 Å². The highest BCUT2D eigenvalue weighted by Crippen LogP contribution is 2.37. The Kier molecular flexibility index (Phi) is 5.89. The molecule has 5 nitrogen and oxygen atoms in total. The number of rotatable bonds is 6. The maximum atomic E-state index is 13.0. The summed E-state index contributed by atoms with van der Waals surface area (Å²) in [6.07, 6.45) is 1.37. The van der Waals surface area contributed by atoms with E-state index in [0.717, 1.165) is 30.5 Å². The minimum absolute atomic E-state index is 0.00728. The van der Waals surface area contributed by atoms with Crippen molar-refractivity contribution in [3.05, 3.63) is 53.6 Å². The van der Waals surface area contributed by atoms with E-state index in [9.17, 15) is 4.79 Å². The Labute approximate surface area is 160 Å². The molecule has 2 aromatic rings. The van der Waals surface area contributed by atoms with Crippen LogP contribution in [-0.2, 0) is 4.79 Å². The third-order valence-electron chi connectivity index (χ3n) is 5.01. The van der Waals surface area contributed by atoms with Gasteiger partial charge in [-0.3, -0.25) is 4.79 Å². The lowest BCUT2D eigenvalue weighted by atomic mass is 10.0. The molecule has 5 heteroatoms. The fourth-order valence-electron chi connectivity index (χ4n) is 3.54. The fraction of sp³-hybridized carbons (Fsp3) is 0.409. The maximum absolute atomic E-state index is 13.0. The van der Waals surface area contributed by atoms with E-state index in [1.165, 1.54) is 0 Å². The van der Waals surface area contributed by atoms with Crippen molar-refractivity contribution in [3.63, 3.8) is 0 Å². The molecule has 0 unspecified atom stereocenters. The Bertz CT molecular complexity index is 787. The number of likely N-dealkylation sites (tertiary alicyclic amines) is 1. The number of methoxy groups -OCH3 is 2. The molecule has 0 bridgehead atoms. The summed E-state index contributed by atoms with van der Waals surface area (Å²) in [5.74, 6) is 2.09. The van der Waals surface area contributed by atoms with Crippen molar-refractivity contribution in [2.45, 2.75) is 38.8 Å². The van der Waals surface area contributed by atoms with Crippen LogP contribution in [0.15, 0.2) is 42.5 Å². The third-order valence-corrected chi connectivity index (χ3v) is 5.01. The summed E-state index contributed by atoms with van der Waals surface area (Å²) in [6.45, 7) is 4.57. The van der Waals surface area contributed by atoms with E-state index < -0.39 is 6.10 Å². The lowest BCUT2D eigenvalue weighted by Gasteiger charge is -2.28. The summed E-state index contributed by atoms with van der Waals surface area (Å²) in [7, 11) is 3.24. The van der Waals surface area contributed by atoms with Gasteiger partial charge in [-0.25, -0.2) is 0 Å². The van der Waals surface area contributed by atoms with Crippen LogP contribution < -0.4 is 14.2 Å². The van der Waals surface area contributed by atoms with Gasteiger partial charge in [-0.1, -0.05) is 23.8 Å². The van der Waals surface area contributed by atoms with Crippen molar-refractivity contribution in [3.8, 4) is 17.2 Å². The molecular weight excluding hydrogens is 342 g/mol. The molecule has 27 heavy (non-hydrogen) atoms. The topological polar surface area (TPSA) is 48.0 Å². The first-order valence-electron chi connectivity index (χ1n) is 9.29. The van der Waals surface area contributed by atoms with E-state index in [1.54, 1.807) is 14.2 Å². The Morgan fingerprint density at radius 3 is 2.44 bits per heavy atom. The van der Waals surface area contributed by atoms with E-state index in [0.29, 0.717) is 17.2 Å². The van der Waals surface area contributed by atoms with E-state index in [1.807, 2.05) is 61.2 Å². The maximum Gasteiger partial charge on any atom is 0.263 e. The highest BCUT2D eigenvalue weighted by atomic mass is 16.5. The second kappa shape index (κ2) is 8.33. The molecule has 0 aromatic heterocycles. The van der Waals surface area contributed by atoms with E-state index in [-0.39, 0.29) is 11.9 Å². The number of hydrogen-bond acceptors (Lipinski definition) is 4. The molecule has 1 amide bonds. The second-order valence-electron chi connectivity index (χ2n) is 6.88. The molecule has 1 saturated heterocycles. The largest absolute Gasteiger partial charge is 0.493 e. The Hall–Kier alpha value is -2.69. The Morgan fingerprint density at radius 2 is 1.78 bits per heavy atom. The molecule has 0 aliphatic carbocycles. The van der Waals surface area contributed by atoms with E-state index in [4.69, 9.17) is 14.2 Å². The summed E-state index contributed by atoms with van der Waals surface area (Å²) in [6, 6.07) is 13.6. The predicted molar refractivity (Wildman–Crippen MR) is 105 cm³/mol. The number of hydrogen-bond donors (Lipinski definition) is 0. The highest BCUT2D eigenvalue weighted by molar-refractivity contribution is 5.81. The molecule has 144 valence electrons. The van der Waals surface area contributed by atoms with Gasteiger partial charge in [-0.15, -0.1) is 0 Å². The lowest BCUT2D eigenvalue weighted by Crippen LogP contribution is -2.40. The van der Waals surface area contributed by atoms with Crippen LogP contribution in [0.5, 0.6) is 17.2 Å². The van der Waals surface area contributed by atoms with Crippen molar-refractivity contribution in [1.29, 1.82) is 0 Å². The van der Waals surface area contributed by atoms with Gasteiger partial charge in [0.15, 0.2) is 17.6 Å². The zero-order valence-electron chi connectivity index (χ0n) is 16.4. The zero-order valence-corrected chi connectivity index (χ0v) is 16.4. The second-order valence-corrected chi connectivity index (χ2v) is 6.88. The Morgan fingerprint density at radius 1 is 1.07 bits per heavy atom. The first kappa shape index (κ1) is 19.1. The fourth-order valence-corrected chi connectivity index (χ4v) is 3.54. The third kappa shape index (κ3) is 4.18. The number of amides is 1. The van der Waals surface area contributed by atoms with Crippen molar-refractivity contribution in [1.82, 2.24) is 4.90 Å². The number of benzene rings is 2. The number of ether oxygens (including phenoxy) is 3. The van der Waals surface area contributed by atoms with Gasteiger partial charge in [-0.2, -0.15) is 0 Å². The summed E-state index contributed by atoms with van der Waals surface area (Å²) in [4.78, 5) is 14.9. The van der Waals surface area contributed by atoms with Crippen LogP contribution in [0.1, 0.15) is 36.9 Å². The van der Waals surface area contributed by atoms with Gasteiger partial charge in [0.2, 0.25) is 0 Å². The number of aryl methyl sites for hydroxylation is 1. The van der Waals surface area contributed by atoms with Gasteiger partial charge in [-0.05, 0) is 56.5 Å². The smallest absolute Gasteiger partial charge is 0.263 e. The molecule has 3 rings (SSSR count). The lowest BCUT2D eigenvalue weighted by molar-refractivity contribution is -0.138. The van der Waals surface area contributed by atoms with Crippen LogP contribution >= 0.6 is 0 Å². The molecule has 0 saturated carbocycles. The molecule has 2 aromatic carbocycles.